The third kappa shape index (κ3) is 2.62. The summed E-state index contributed by atoms with van der Waals surface area (Å²) in [5, 5.41) is 14.8. The number of pyridine rings is 1. The Bertz CT molecular complexity index is 582. The van der Waals surface area contributed by atoms with Crippen LogP contribution in [0.1, 0.15) is 15.6 Å². The van der Waals surface area contributed by atoms with Gasteiger partial charge in [-0.15, -0.1) is 11.3 Å². The molecule has 0 atom stereocenters. The van der Waals surface area contributed by atoms with Gasteiger partial charge in [0, 0.05) is 17.1 Å². The minimum atomic E-state index is -0.450. The highest BCUT2D eigenvalue weighted by atomic mass is 32.1. The minimum Gasteiger partial charge on any atom is -0.359 e. The van der Waals surface area contributed by atoms with Crippen LogP contribution in [0.25, 0.3) is 0 Å². The highest BCUT2D eigenvalue weighted by Gasteiger charge is 2.14. The number of hydrogen-bond donors (Lipinski definition) is 1. The first-order valence-electron chi connectivity index (χ1n) is 5.34. The number of aromatic nitrogens is 2. The summed E-state index contributed by atoms with van der Waals surface area (Å²) in [6.07, 6.45) is 1.52. The predicted molar refractivity (Wildman–Crippen MR) is 69.8 cm³/mol. The molecule has 7 heteroatoms. The topological polar surface area (TPSA) is 81.0 Å². The van der Waals surface area contributed by atoms with Gasteiger partial charge in [0.1, 0.15) is 0 Å². The number of thiazole rings is 1. The molecule has 0 amide bonds. The van der Waals surface area contributed by atoms with Gasteiger partial charge in [-0.25, -0.2) is 9.97 Å². The van der Waals surface area contributed by atoms with Crippen LogP contribution in [0.2, 0.25) is 0 Å². The van der Waals surface area contributed by atoms with E-state index in [1.807, 2.05) is 13.8 Å². The minimum absolute atomic E-state index is 0.0258. The number of nitrogens with zero attached hydrogens (tertiary/aromatic N) is 3. The molecule has 2 aromatic rings. The molecule has 0 aliphatic rings. The van der Waals surface area contributed by atoms with E-state index in [1.165, 1.54) is 12.3 Å². The van der Waals surface area contributed by atoms with E-state index < -0.39 is 4.92 Å². The summed E-state index contributed by atoms with van der Waals surface area (Å²) in [6.45, 7) is 4.35. The van der Waals surface area contributed by atoms with Gasteiger partial charge in [0.15, 0.2) is 0 Å². The van der Waals surface area contributed by atoms with E-state index in [1.54, 1.807) is 17.4 Å². The van der Waals surface area contributed by atoms with Gasteiger partial charge in [0.2, 0.25) is 5.82 Å². The zero-order chi connectivity index (χ0) is 13.1. The van der Waals surface area contributed by atoms with Gasteiger partial charge in [-0.1, -0.05) is 0 Å². The fourth-order valence-electron chi connectivity index (χ4n) is 1.58. The average Bonchev–Trinajstić information content (AvgIpc) is 2.65. The Hall–Kier alpha value is -2.02. The lowest BCUT2D eigenvalue weighted by atomic mass is 10.3. The standard InChI is InChI=1S/C11H12N4O2S/c1-7-9(14-8(2)18-7)6-13-11-10(15(16)17)4-3-5-12-11/h3-5H,6H2,1-2H3,(H,12,13). The molecule has 0 aliphatic heterocycles. The summed E-state index contributed by atoms with van der Waals surface area (Å²) >= 11 is 1.61. The molecule has 1 N–H and O–H groups in total. The molecule has 0 fully saturated rings. The molecule has 2 rings (SSSR count). The van der Waals surface area contributed by atoms with Crippen molar-refractivity contribution in [1.29, 1.82) is 0 Å². The fraction of sp³-hybridized carbons (Fsp3) is 0.273. The first-order chi connectivity index (χ1) is 8.58. The number of anilines is 1. The number of nitrogens with one attached hydrogen (secondary N) is 1. The first kappa shape index (κ1) is 12.4. The molecule has 0 unspecified atom stereocenters. The summed E-state index contributed by atoms with van der Waals surface area (Å²) in [7, 11) is 0. The molecule has 18 heavy (non-hydrogen) atoms. The highest BCUT2D eigenvalue weighted by Crippen LogP contribution is 2.22. The second kappa shape index (κ2) is 5.09. The molecule has 0 saturated carbocycles. The maximum absolute atomic E-state index is 10.8. The lowest BCUT2D eigenvalue weighted by molar-refractivity contribution is -0.384. The van der Waals surface area contributed by atoms with E-state index >= 15 is 0 Å². The quantitative estimate of drug-likeness (QED) is 0.678. The van der Waals surface area contributed by atoms with Crippen molar-refractivity contribution in [3.05, 3.63) is 44.0 Å². The molecule has 0 saturated heterocycles. The second-order valence-corrected chi connectivity index (χ2v) is 5.12. The van der Waals surface area contributed by atoms with Crippen LogP contribution in [0.4, 0.5) is 11.5 Å². The van der Waals surface area contributed by atoms with Crippen molar-refractivity contribution < 1.29 is 4.92 Å². The smallest absolute Gasteiger partial charge is 0.311 e. The second-order valence-electron chi connectivity index (χ2n) is 3.72. The Morgan fingerprint density at radius 2 is 2.28 bits per heavy atom. The number of aryl methyl sites for hydroxylation is 2. The summed E-state index contributed by atoms with van der Waals surface area (Å²) < 4.78 is 0. The fourth-order valence-corrected chi connectivity index (χ4v) is 2.42. The van der Waals surface area contributed by atoms with Crippen LogP contribution >= 0.6 is 11.3 Å². The Balaban J connectivity index is 2.15. The summed E-state index contributed by atoms with van der Waals surface area (Å²) in [5.74, 6) is 0.271. The van der Waals surface area contributed by atoms with Crippen molar-refractivity contribution in [2.45, 2.75) is 20.4 Å². The zero-order valence-corrected chi connectivity index (χ0v) is 10.8. The molecule has 0 radical (unpaired) electrons. The third-order valence-corrected chi connectivity index (χ3v) is 3.33. The first-order valence-corrected chi connectivity index (χ1v) is 6.15. The van der Waals surface area contributed by atoms with Crippen LogP contribution < -0.4 is 5.32 Å². The molecule has 0 spiro atoms. The predicted octanol–water partition coefficient (Wildman–Crippen LogP) is 2.68. The lowest BCUT2D eigenvalue weighted by Gasteiger charge is -2.04. The van der Waals surface area contributed by atoms with E-state index in [-0.39, 0.29) is 11.5 Å². The van der Waals surface area contributed by atoms with Crippen LogP contribution in [-0.2, 0) is 6.54 Å². The van der Waals surface area contributed by atoms with Gasteiger partial charge in [0.05, 0.1) is 22.2 Å². The molecular weight excluding hydrogens is 252 g/mol. The molecule has 2 heterocycles. The summed E-state index contributed by atoms with van der Waals surface area (Å²) in [6, 6.07) is 2.97. The van der Waals surface area contributed by atoms with Crippen molar-refractivity contribution in [2.75, 3.05) is 5.32 Å². The van der Waals surface area contributed by atoms with E-state index in [4.69, 9.17) is 0 Å². The van der Waals surface area contributed by atoms with E-state index in [9.17, 15) is 10.1 Å². The lowest BCUT2D eigenvalue weighted by Crippen LogP contribution is -2.05. The monoisotopic (exact) mass is 264 g/mol. The molecule has 2 aromatic heterocycles. The summed E-state index contributed by atoms with van der Waals surface area (Å²) in [4.78, 5) is 19.8. The van der Waals surface area contributed by atoms with Crippen LogP contribution in [-0.4, -0.2) is 14.9 Å². The largest absolute Gasteiger partial charge is 0.359 e. The van der Waals surface area contributed by atoms with E-state index in [0.29, 0.717) is 6.54 Å². The van der Waals surface area contributed by atoms with Crippen LogP contribution in [0.15, 0.2) is 18.3 Å². The van der Waals surface area contributed by atoms with Gasteiger partial charge in [-0.3, -0.25) is 10.1 Å². The van der Waals surface area contributed by atoms with Crippen LogP contribution in [0.5, 0.6) is 0 Å². The van der Waals surface area contributed by atoms with Crippen molar-refractivity contribution in [3.8, 4) is 0 Å². The maximum Gasteiger partial charge on any atom is 0.311 e. The van der Waals surface area contributed by atoms with Gasteiger partial charge in [-0.05, 0) is 19.9 Å². The van der Waals surface area contributed by atoms with Crippen molar-refractivity contribution in [3.63, 3.8) is 0 Å². The van der Waals surface area contributed by atoms with Gasteiger partial charge in [0.25, 0.3) is 0 Å². The molecular formula is C11H12N4O2S. The molecule has 94 valence electrons. The summed E-state index contributed by atoms with van der Waals surface area (Å²) in [5.41, 5.74) is 0.875. The number of nitro groups is 1. The average molecular weight is 264 g/mol. The maximum atomic E-state index is 10.8. The molecule has 0 bridgehead atoms. The van der Waals surface area contributed by atoms with E-state index in [2.05, 4.69) is 15.3 Å². The highest BCUT2D eigenvalue weighted by molar-refractivity contribution is 7.11. The zero-order valence-electron chi connectivity index (χ0n) is 10.0. The van der Waals surface area contributed by atoms with Crippen molar-refractivity contribution in [2.24, 2.45) is 0 Å². The van der Waals surface area contributed by atoms with Crippen molar-refractivity contribution >= 4 is 22.8 Å². The Kier molecular flexibility index (Phi) is 3.52. The Morgan fingerprint density at radius 3 is 2.89 bits per heavy atom. The van der Waals surface area contributed by atoms with Crippen LogP contribution in [0.3, 0.4) is 0 Å². The number of hydrogen-bond acceptors (Lipinski definition) is 6. The van der Waals surface area contributed by atoms with Gasteiger partial charge < -0.3 is 5.32 Å². The van der Waals surface area contributed by atoms with Gasteiger partial charge >= 0.3 is 5.69 Å². The normalized spacial score (nSPS) is 10.3. The molecule has 0 aromatic carbocycles. The molecule has 6 nitrogen and oxygen atoms in total. The third-order valence-electron chi connectivity index (χ3n) is 2.41. The number of rotatable bonds is 4. The van der Waals surface area contributed by atoms with Crippen LogP contribution in [0, 0.1) is 24.0 Å². The van der Waals surface area contributed by atoms with Crippen molar-refractivity contribution in [1.82, 2.24) is 9.97 Å². The van der Waals surface area contributed by atoms with E-state index in [0.717, 1.165) is 15.6 Å². The SMILES string of the molecule is Cc1nc(CNc2ncccc2[N+](=O)[O-])c(C)s1. The Morgan fingerprint density at radius 1 is 1.50 bits per heavy atom. The van der Waals surface area contributed by atoms with Gasteiger partial charge in [-0.2, -0.15) is 0 Å². The molecule has 0 aliphatic carbocycles. The Labute approximate surface area is 108 Å².